The maximum Gasteiger partial charge on any atom is 0.408 e. The summed E-state index contributed by atoms with van der Waals surface area (Å²) in [6, 6.07) is 0. The average molecular weight is 341 g/mol. The molecular weight excluding hydrogens is 329 g/mol. The Kier molecular flexibility index (Phi) is 4.14. The first-order valence-corrected chi connectivity index (χ1v) is 6.46. The summed E-state index contributed by atoms with van der Waals surface area (Å²) >= 11 is 3.07. The lowest BCUT2D eigenvalue weighted by Crippen LogP contribution is -2.44. The molecule has 1 N–H and O–H groups in total. The molecule has 1 aromatic heterocycles. The Bertz CT molecular complexity index is 510. The number of piperazine rings is 1. The fraction of sp³-hybridized carbons (Fsp3) is 0.600. The molecule has 0 atom stereocenters. The summed E-state index contributed by atoms with van der Waals surface area (Å²) in [5, 5.41) is 6.74. The molecular formula is C10H12BrF3N4O. The molecule has 2 rings (SSSR count). The van der Waals surface area contributed by atoms with Crippen molar-refractivity contribution in [3.05, 3.63) is 21.0 Å². The van der Waals surface area contributed by atoms with E-state index in [1.54, 1.807) is 0 Å². The van der Waals surface area contributed by atoms with Crippen LogP contribution in [0.5, 0.6) is 0 Å². The second-order valence-electron chi connectivity index (χ2n) is 4.16. The maximum atomic E-state index is 12.3. The van der Waals surface area contributed by atoms with E-state index < -0.39 is 18.3 Å². The zero-order valence-electron chi connectivity index (χ0n) is 9.87. The van der Waals surface area contributed by atoms with E-state index in [-0.39, 0.29) is 4.47 Å². The van der Waals surface area contributed by atoms with E-state index in [2.05, 4.69) is 26.3 Å². The van der Waals surface area contributed by atoms with Gasteiger partial charge in [0.15, 0.2) is 0 Å². The molecule has 0 aromatic carbocycles. The summed E-state index contributed by atoms with van der Waals surface area (Å²) in [4.78, 5) is 13.7. The van der Waals surface area contributed by atoms with Crippen LogP contribution in [0.3, 0.4) is 0 Å². The third kappa shape index (κ3) is 3.47. The van der Waals surface area contributed by atoms with Crippen molar-refractivity contribution in [1.29, 1.82) is 0 Å². The first kappa shape index (κ1) is 14.3. The van der Waals surface area contributed by atoms with Gasteiger partial charge in [-0.25, -0.2) is 4.68 Å². The molecule has 0 unspecified atom stereocenters. The van der Waals surface area contributed by atoms with Crippen molar-refractivity contribution < 1.29 is 13.2 Å². The van der Waals surface area contributed by atoms with E-state index in [9.17, 15) is 18.0 Å². The van der Waals surface area contributed by atoms with E-state index in [0.29, 0.717) is 23.5 Å². The summed E-state index contributed by atoms with van der Waals surface area (Å²) in [5.41, 5.74) is -0.238. The quantitative estimate of drug-likeness (QED) is 0.871. The fourth-order valence-corrected chi connectivity index (χ4v) is 2.42. The molecule has 0 bridgehead atoms. The minimum absolute atomic E-state index is 0.119. The van der Waals surface area contributed by atoms with Gasteiger partial charge in [-0.3, -0.25) is 4.79 Å². The van der Waals surface area contributed by atoms with E-state index in [1.807, 2.05) is 4.90 Å². The predicted octanol–water partition coefficient (Wildman–Crippen LogP) is 0.978. The van der Waals surface area contributed by atoms with Gasteiger partial charge in [0.25, 0.3) is 5.56 Å². The highest BCUT2D eigenvalue weighted by Gasteiger charge is 2.30. The molecule has 0 aliphatic carbocycles. The second-order valence-corrected chi connectivity index (χ2v) is 4.95. The van der Waals surface area contributed by atoms with Gasteiger partial charge in [0, 0.05) is 26.2 Å². The van der Waals surface area contributed by atoms with Crippen LogP contribution in [-0.4, -0.2) is 42.1 Å². The van der Waals surface area contributed by atoms with E-state index in [1.165, 1.54) is 6.20 Å². The van der Waals surface area contributed by atoms with Crippen LogP contribution in [0.25, 0.3) is 0 Å². The molecule has 5 nitrogen and oxygen atoms in total. The van der Waals surface area contributed by atoms with Crippen LogP contribution >= 0.6 is 15.9 Å². The second kappa shape index (κ2) is 5.49. The highest BCUT2D eigenvalue weighted by Crippen LogP contribution is 2.23. The maximum absolute atomic E-state index is 12.3. The van der Waals surface area contributed by atoms with Gasteiger partial charge < -0.3 is 10.2 Å². The third-order valence-electron chi connectivity index (χ3n) is 2.75. The van der Waals surface area contributed by atoms with Crippen molar-refractivity contribution in [1.82, 2.24) is 15.1 Å². The Hall–Kier alpha value is -1.09. The predicted molar refractivity (Wildman–Crippen MR) is 67.3 cm³/mol. The number of halogens is 4. The molecule has 1 saturated heterocycles. The van der Waals surface area contributed by atoms with Gasteiger partial charge >= 0.3 is 6.18 Å². The SMILES string of the molecule is O=c1c(Br)c(N2CCNCC2)cnn1CC(F)(F)F. The van der Waals surface area contributed by atoms with Crippen LogP contribution in [0.15, 0.2) is 15.5 Å². The Morgan fingerprint density at radius 2 is 2.00 bits per heavy atom. The highest BCUT2D eigenvalue weighted by atomic mass is 79.9. The van der Waals surface area contributed by atoms with Crippen LogP contribution in [0.4, 0.5) is 18.9 Å². The molecule has 0 amide bonds. The molecule has 106 valence electrons. The summed E-state index contributed by atoms with van der Waals surface area (Å²) < 4.78 is 37.4. The lowest BCUT2D eigenvalue weighted by atomic mass is 10.3. The first-order valence-electron chi connectivity index (χ1n) is 5.66. The lowest BCUT2D eigenvalue weighted by Gasteiger charge is -2.29. The van der Waals surface area contributed by atoms with Gasteiger partial charge in [-0.2, -0.15) is 18.3 Å². The molecule has 1 aliphatic heterocycles. The Morgan fingerprint density at radius 1 is 1.37 bits per heavy atom. The molecule has 1 aliphatic rings. The van der Waals surface area contributed by atoms with Crippen molar-refractivity contribution in [3.8, 4) is 0 Å². The number of aromatic nitrogens is 2. The highest BCUT2D eigenvalue weighted by molar-refractivity contribution is 9.10. The Balaban J connectivity index is 2.29. The van der Waals surface area contributed by atoms with E-state index >= 15 is 0 Å². The van der Waals surface area contributed by atoms with Gasteiger partial charge in [0.1, 0.15) is 11.0 Å². The summed E-state index contributed by atoms with van der Waals surface area (Å²) in [7, 11) is 0. The Labute approximate surface area is 115 Å². The fourth-order valence-electron chi connectivity index (χ4n) is 1.87. The zero-order chi connectivity index (χ0) is 14.0. The molecule has 2 heterocycles. The number of hydrogen-bond donors (Lipinski definition) is 1. The zero-order valence-corrected chi connectivity index (χ0v) is 11.5. The lowest BCUT2D eigenvalue weighted by molar-refractivity contribution is -0.143. The number of anilines is 1. The molecule has 19 heavy (non-hydrogen) atoms. The van der Waals surface area contributed by atoms with Crippen molar-refractivity contribution in [2.75, 3.05) is 31.1 Å². The number of alkyl halides is 3. The molecule has 1 aromatic rings. The number of nitrogens with zero attached hydrogens (tertiary/aromatic N) is 3. The molecule has 0 radical (unpaired) electrons. The third-order valence-corrected chi connectivity index (χ3v) is 3.50. The van der Waals surface area contributed by atoms with Crippen molar-refractivity contribution in [2.45, 2.75) is 12.7 Å². The summed E-state index contributed by atoms with van der Waals surface area (Å²) in [6.45, 7) is 1.51. The van der Waals surface area contributed by atoms with Crippen LogP contribution < -0.4 is 15.8 Å². The molecule has 9 heteroatoms. The van der Waals surface area contributed by atoms with Gasteiger partial charge in [0.2, 0.25) is 0 Å². The van der Waals surface area contributed by atoms with Gasteiger partial charge in [-0.05, 0) is 15.9 Å². The summed E-state index contributed by atoms with van der Waals surface area (Å²) in [5.74, 6) is 0. The largest absolute Gasteiger partial charge is 0.408 e. The van der Waals surface area contributed by atoms with Gasteiger partial charge in [-0.15, -0.1) is 0 Å². The van der Waals surface area contributed by atoms with Crippen LogP contribution in [-0.2, 0) is 6.54 Å². The smallest absolute Gasteiger partial charge is 0.367 e. The minimum atomic E-state index is -4.47. The van der Waals surface area contributed by atoms with Crippen LogP contribution in [0, 0.1) is 0 Å². The van der Waals surface area contributed by atoms with Gasteiger partial charge in [0.05, 0.1) is 11.9 Å². The van der Waals surface area contributed by atoms with Gasteiger partial charge in [-0.1, -0.05) is 0 Å². The topological polar surface area (TPSA) is 50.2 Å². The van der Waals surface area contributed by atoms with Crippen LogP contribution in [0.1, 0.15) is 0 Å². The van der Waals surface area contributed by atoms with Crippen LogP contribution in [0.2, 0.25) is 0 Å². The molecule has 0 saturated carbocycles. The Morgan fingerprint density at radius 3 is 2.58 bits per heavy atom. The number of rotatable bonds is 2. The normalized spacial score (nSPS) is 16.7. The molecule has 1 fully saturated rings. The van der Waals surface area contributed by atoms with E-state index in [4.69, 9.17) is 0 Å². The van der Waals surface area contributed by atoms with Crippen molar-refractivity contribution in [2.24, 2.45) is 0 Å². The van der Waals surface area contributed by atoms with Crippen molar-refractivity contribution >= 4 is 21.6 Å². The number of nitrogens with one attached hydrogen (secondary N) is 1. The van der Waals surface area contributed by atoms with Crippen molar-refractivity contribution in [3.63, 3.8) is 0 Å². The monoisotopic (exact) mass is 340 g/mol. The standard InChI is InChI=1S/C10H12BrF3N4O/c11-8-7(17-3-1-15-2-4-17)5-16-18(9(8)19)6-10(12,13)14/h5,15H,1-4,6H2. The molecule has 0 spiro atoms. The number of hydrogen-bond acceptors (Lipinski definition) is 4. The summed E-state index contributed by atoms with van der Waals surface area (Å²) in [6.07, 6.45) is -3.17. The average Bonchev–Trinajstić information content (AvgIpc) is 2.35. The minimum Gasteiger partial charge on any atom is -0.367 e. The first-order chi connectivity index (χ1) is 8.88. The van der Waals surface area contributed by atoms with E-state index in [0.717, 1.165) is 13.1 Å².